The Balaban J connectivity index is 1.77. The second-order valence-corrected chi connectivity index (χ2v) is 12.0. The number of hydrogen-bond donors (Lipinski definition) is 1. The summed E-state index contributed by atoms with van der Waals surface area (Å²) in [7, 11) is -3.63. The van der Waals surface area contributed by atoms with Crippen LogP contribution in [0.5, 0.6) is 11.5 Å². The number of nitrogens with zero attached hydrogens (tertiary/aromatic N) is 2. The molecule has 9 nitrogen and oxygen atoms in total. The van der Waals surface area contributed by atoms with Crippen molar-refractivity contribution in [3.8, 4) is 11.5 Å². The monoisotopic (exact) mass is 579 g/mol. The Bertz CT molecular complexity index is 1240. The van der Waals surface area contributed by atoms with Crippen LogP contribution < -0.4 is 19.1 Å². The Hall–Kier alpha value is -2.98. The largest absolute Gasteiger partial charge is 0.486 e. The highest BCUT2D eigenvalue weighted by atomic mass is 35.5. The number of halogens is 1. The van der Waals surface area contributed by atoms with E-state index in [0.717, 1.165) is 18.2 Å². The van der Waals surface area contributed by atoms with Crippen LogP contribution in [0.1, 0.15) is 52.0 Å². The first-order chi connectivity index (χ1) is 18.5. The van der Waals surface area contributed by atoms with Gasteiger partial charge in [-0.05, 0) is 56.0 Å². The summed E-state index contributed by atoms with van der Waals surface area (Å²) >= 11 is 6.04. The van der Waals surface area contributed by atoms with Gasteiger partial charge in [-0.2, -0.15) is 0 Å². The standard InChI is InChI=1S/C28H38ClN3O6S/c1-5-20(3)30-28(34)24(6-2)31(19-21-9-11-22(29)12-10-21)27(33)8-7-15-32(39(4,35)36)23-13-14-25-26(18-23)38-17-16-37-25/h9-14,18,20,24H,5-8,15-17,19H2,1-4H3,(H,30,34)/t20-,24+/m1/s1. The first kappa shape index (κ1) is 30.6. The van der Waals surface area contributed by atoms with E-state index in [0.29, 0.717) is 41.8 Å². The van der Waals surface area contributed by atoms with E-state index in [1.807, 2.05) is 32.9 Å². The van der Waals surface area contributed by atoms with Crippen molar-refractivity contribution >= 4 is 39.1 Å². The van der Waals surface area contributed by atoms with E-state index in [-0.39, 0.29) is 43.8 Å². The van der Waals surface area contributed by atoms with Gasteiger partial charge in [0, 0.05) is 36.6 Å². The number of nitrogens with one attached hydrogen (secondary N) is 1. The number of carbonyl (C=O) groups is 2. The number of fused-ring (bicyclic) bond motifs is 1. The molecule has 2 aromatic carbocycles. The number of carbonyl (C=O) groups excluding carboxylic acids is 2. The molecule has 3 rings (SSSR count). The highest BCUT2D eigenvalue weighted by molar-refractivity contribution is 7.92. The van der Waals surface area contributed by atoms with Crippen molar-refractivity contribution in [2.24, 2.45) is 0 Å². The summed E-state index contributed by atoms with van der Waals surface area (Å²) in [5.74, 6) is 0.610. The number of sulfonamides is 1. The van der Waals surface area contributed by atoms with Crippen LogP contribution in [0, 0.1) is 0 Å². The lowest BCUT2D eigenvalue weighted by Gasteiger charge is -2.32. The molecule has 1 heterocycles. The summed E-state index contributed by atoms with van der Waals surface area (Å²) in [6.45, 7) is 6.93. The van der Waals surface area contributed by atoms with E-state index in [1.54, 1.807) is 35.2 Å². The molecule has 0 fully saturated rings. The molecule has 214 valence electrons. The molecule has 2 aromatic rings. The molecule has 0 spiro atoms. The number of amides is 2. The van der Waals surface area contributed by atoms with Crippen molar-refractivity contribution in [1.82, 2.24) is 10.2 Å². The molecular formula is C28H38ClN3O6S. The summed E-state index contributed by atoms with van der Waals surface area (Å²) in [6, 6.07) is 11.5. The molecular weight excluding hydrogens is 542 g/mol. The zero-order valence-electron chi connectivity index (χ0n) is 23.0. The minimum absolute atomic E-state index is 0.0200. The van der Waals surface area contributed by atoms with Crippen LogP contribution in [0.3, 0.4) is 0 Å². The Morgan fingerprint density at radius 1 is 1.03 bits per heavy atom. The average molecular weight is 580 g/mol. The van der Waals surface area contributed by atoms with Crippen molar-refractivity contribution < 1.29 is 27.5 Å². The van der Waals surface area contributed by atoms with Gasteiger partial charge in [0.25, 0.3) is 0 Å². The first-order valence-electron chi connectivity index (χ1n) is 13.2. The maximum absolute atomic E-state index is 13.5. The lowest BCUT2D eigenvalue weighted by atomic mass is 10.1. The molecule has 0 radical (unpaired) electrons. The summed E-state index contributed by atoms with van der Waals surface area (Å²) in [6.07, 6.45) is 2.67. The van der Waals surface area contributed by atoms with E-state index in [9.17, 15) is 18.0 Å². The number of hydrogen-bond acceptors (Lipinski definition) is 6. The summed E-state index contributed by atoms with van der Waals surface area (Å²) in [5.41, 5.74) is 1.28. The predicted molar refractivity (Wildman–Crippen MR) is 153 cm³/mol. The number of anilines is 1. The van der Waals surface area contributed by atoms with Crippen LogP contribution in [0.25, 0.3) is 0 Å². The van der Waals surface area contributed by atoms with Crippen molar-refractivity contribution in [3.05, 3.63) is 53.1 Å². The van der Waals surface area contributed by atoms with Gasteiger partial charge in [0.2, 0.25) is 21.8 Å². The van der Waals surface area contributed by atoms with Gasteiger partial charge >= 0.3 is 0 Å². The maximum atomic E-state index is 13.5. The number of rotatable bonds is 13. The van der Waals surface area contributed by atoms with E-state index in [2.05, 4.69) is 5.32 Å². The average Bonchev–Trinajstić information content (AvgIpc) is 2.90. The van der Waals surface area contributed by atoms with Crippen LogP contribution in [0.15, 0.2) is 42.5 Å². The van der Waals surface area contributed by atoms with Crippen LogP contribution in [0.4, 0.5) is 5.69 Å². The highest BCUT2D eigenvalue weighted by Gasteiger charge is 2.29. The van der Waals surface area contributed by atoms with Gasteiger partial charge in [-0.3, -0.25) is 13.9 Å². The van der Waals surface area contributed by atoms with Gasteiger partial charge in [-0.15, -0.1) is 0 Å². The molecule has 0 saturated heterocycles. The molecule has 1 aliphatic rings. The Kier molecular flexibility index (Phi) is 10.9. The maximum Gasteiger partial charge on any atom is 0.243 e. The fourth-order valence-corrected chi connectivity index (χ4v) is 5.42. The smallest absolute Gasteiger partial charge is 0.243 e. The second-order valence-electron chi connectivity index (χ2n) is 9.66. The lowest BCUT2D eigenvalue weighted by Crippen LogP contribution is -2.50. The molecule has 0 aliphatic carbocycles. The normalized spacial score (nSPS) is 14.3. The molecule has 0 aromatic heterocycles. The molecule has 0 bridgehead atoms. The number of ether oxygens (including phenoxy) is 2. The van der Waals surface area contributed by atoms with Gasteiger partial charge in [0.05, 0.1) is 11.9 Å². The van der Waals surface area contributed by atoms with Gasteiger partial charge < -0.3 is 19.7 Å². The minimum atomic E-state index is -3.63. The first-order valence-corrected chi connectivity index (χ1v) is 15.5. The molecule has 2 atom stereocenters. The highest BCUT2D eigenvalue weighted by Crippen LogP contribution is 2.34. The van der Waals surface area contributed by atoms with E-state index in [1.165, 1.54) is 4.31 Å². The Morgan fingerprint density at radius 2 is 1.69 bits per heavy atom. The van der Waals surface area contributed by atoms with Crippen molar-refractivity contribution in [3.63, 3.8) is 0 Å². The Labute approximate surface area is 236 Å². The SMILES string of the molecule is CC[C@@H](C)NC(=O)[C@H](CC)N(Cc1ccc(Cl)cc1)C(=O)CCCN(c1ccc2c(c1)OCCO2)S(C)(=O)=O. The van der Waals surface area contributed by atoms with Crippen LogP contribution in [0.2, 0.25) is 5.02 Å². The molecule has 0 unspecified atom stereocenters. The molecule has 11 heteroatoms. The van der Waals surface area contributed by atoms with E-state index >= 15 is 0 Å². The zero-order chi connectivity index (χ0) is 28.6. The summed E-state index contributed by atoms with van der Waals surface area (Å²) in [4.78, 5) is 28.2. The predicted octanol–water partition coefficient (Wildman–Crippen LogP) is 4.38. The van der Waals surface area contributed by atoms with Crippen molar-refractivity contribution in [1.29, 1.82) is 0 Å². The van der Waals surface area contributed by atoms with Crippen molar-refractivity contribution in [2.45, 2.75) is 65.1 Å². The zero-order valence-corrected chi connectivity index (χ0v) is 24.6. The quantitative estimate of drug-likeness (QED) is 0.378. The molecule has 1 aliphatic heterocycles. The van der Waals surface area contributed by atoms with Crippen molar-refractivity contribution in [2.75, 3.05) is 30.3 Å². The molecule has 0 saturated carbocycles. The third kappa shape index (κ3) is 8.50. The van der Waals surface area contributed by atoms with Crippen LogP contribution in [-0.4, -0.2) is 63.2 Å². The molecule has 39 heavy (non-hydrogen) atoms. The van der Waals surface area contributed by atoms with Gasteiger partial charge in [0.1, 0.15) is 19.3 Å². The van der Waals surface area contributed by atoms with Gasteiger partial charge in [0.15, 0.2) is 11.5 Å². The topological polar surface area (TPSA) is 105 Å². The lowest BCUT2D eigenvalue weighted by molar-refractivity contribution is -0.141. The fraction of sp³-hybridized carbons (Fsp3) is 0.500. The Morgan fingerprint density at radius 3 is 2.31 bits per heavy atom. The van der Waals surface area contributed by atoms with E-state index in [4.69, 9.17) is 21.1 Å². The fourth-order valence-electron chi connectivity index (χ4n) is 4.34. The van der Waals surface area contributed by atoms with Gasteiger partial charge in [-0.1, -0.05) is 37.6 Å². The van der Waals surface area contributed by atoms with Crippen LogP contribution in [-0.2, 0) is 26.2 Å². The molecule has 2 amide bonds. The minimum Gasteiger partial charge on any atom is -0.486 e. The third-order valence-electron chi connectivity index (χ3n) is 6.62. The summed E-state index contributed by atoms with van der Waals surface area (Å²) < 4.78 is 37.7. The molecule has 1 N–H and O–H groups in total. The van der Waals surface area contributed by atoms with Crippen LogP contribution >= 0.6 is 11.6 Å². The number of benzene rings is 2. The summed E-state index contributed by atoms with van der Waals surface area (Å²) in [5, 5.41) is 3.57. The van der Waals surface area contributed by atoms with Gasteiger partial charge in [-0.25, -0.2) is 8.42 Å². The second kappa shape index (κ2) is 13.9. The van der Waals surface area contributed by atoms with E-state index < -0.39 is 16.1 Å². The third-order valence-corrected chi connectivity index (χ3v) is 8.07.